The summed E-state index contributed by atoms with van der Waals surface area (Å²) in [6, 6.07) is 3.40. The van der Waals surface area contributed by atoms with E-state index in [4.69, 9.17) is 11.6 Å². The van der Waals surface area contributed by atoms with Gasteiger partial charge in [-0.15, -0.1) is 22.9 Å². The van der Waals surface area contributed by atoms with Crippen LogP contribution >= 0.6 is 22.9 Å². The molecule has 0 radical (unpaired) electrons. The van der Waals surface area contributed by atoms with Gasteiger partial charge >= 0.3 is 0 Å². The van der Waals surface area contributed by atoms with Crippen molar-refractivity contribution in [3.8, 4) is 16.6 Å². The summed E-state index contributed by atoms with van der Waals surface area (Å²) in [5, 5.41) is 9.22. The second kappa shape index (κ2) is 5.98. The minimum atomic E-state index is -0.341. The van der Waals surface area contributed by atoms with Crippen LogP contribution in [-0.2, 0) is 4.79 Å². The average molecular weight is 321 g/mol. The third kappa shape index (κ3) is 3.06. The molecule has 3 aromatic heterocycles. The van der Waals surface area contributed by atoms with Crippen molar-refractivity contribution >= 4 is 34.7 Å². The van der Waals surface area contributed by atoms with Crippen LogP contribution in [0.4, 0.5) is 5.82 Å². The number of halogens is 1. The molecular formula is C12H9ClN6OS. The highest BCUT2D eigenvalue weighted by Gasteiger charge is 2.12. The lowest BCUT2D eigenvalue weighted by Crippen LogP contribution is -2.15. The van der Waals surface area contributed by atoms with Gasteiger partial charge in [-0.1, -0.05) is 0 Å². The number of hydrogen-bond donors (Lipinski definition) is 1. The Morgan fingerprint density at radius 2 is 2.29 bits per heavy atom. The molecule has 0 aliphatic heterocycles. The first-order valence-electron chi connectivity index (χ1n) is 5.91. The molecule has 3 rings (SSSR count). The maximum Gasteiger partial charge on any atom is 0.240 e. The maximum atomic E-state index is 11.4. The molecule has 0 bridgehead atoms. The largest absolute Gasteiger partial charge is 0.309 e. The van der Waals surface area contributed by atoms with Crippen LogP contribution in [0.1, 0.15) is 0 Å². The monoisotopic (exact) mass is 320 g/mol. The van der Waals surface area contributed by atoms with Crippen molar-refractivity contribution in [3.05, 3.63) is 36.1 Å². The third-order valence-electron chi connectivity index (χ3n) is 2.46. The molecule has 0 spiro atoms. The van der Waals surface area contributed by atoms with Crippen molar-refractivity contribution in [1.29, 1.82) is 0 Å². The molecule has 3 aromatic rings. The summed E-state index contributed by atoms with van der Waals surface area (Å²) in [5.41, 5.74) is 0. The SMILES string of the molecule is O=C(CCl)Nc1cc(-n2cccn2)nc(-c2nccs2)n1. The van der Waals surface area contributed by atoms with Gasteiger partial charge in [-0.05, 0) is 6.07 Å². The van der Waals surface area contributed by atoms with E-state index in [2.05, 4.69) is 25.4 Å². The average Bonchev–Trinajstić information content (AvgIpc) is 3.20. The Balaban J connectivity index is 2.06. The van der Waals surface area contributed by atoms with Crippen LogP contribution in [0.25, 0.3) is 16.6 Å². The van der Waals surface area contributed by atoms with Gasteiger partial charge in [0.25, 0.3) is 0 Å². The fourth-order valence-electron chi connectivity index (χ4n) is 1.63. The number of carbonyl (C=O) groups excluding carboxylic acids is 1. The number of hydrogen-bond acceptors (Lipinski definition) is 6. The highest BCUT2D eigenvalue weighted by Crippen LogP contribution is 2.21. The number of carbonyl (C=O) groups is 1. The van der Waals surface area contributed by atoms with Crippen LogP contribution in [0.5, 0.6) is 0 Å². The van der Waals surface area contributed by atoms with Crippen LogP contribution < -0.4 is 5.32 Å². The van der Waals surface area contributed by atoms with E-state index < -0.39 is 0 Å². The lowest BCUT2D eigenvalue weighted by molar-refractivity contribution is -0.113. The number of thiazole rings is 1. The second-order valence-electron chi connectivity index (χ2n) is 3.90. The van der Waals surface area contributed by atoms with Crippen LogP contribution in [0.15, 0.2) is 36.1 Å². The zero-order valence-corrected chi connectivity index (χ0v) is 12.2. The Labute approximate surface area is 128 Å². The Bertz CT molecular complexity index is 691. The van der Waals surface area contributed by atoms with Crippen molar-refractivity contribution < 1.29 is 4.79 Å². The highest BCUT2D eigenvalue weighted by molar-refractivity contribution is 7.13. The van der Waals surface area contributed by atoms with Gasteiger partial charge < -0.3 is 5.32 Å². The van der Waals surface area contributed by atoms with Crippen LogP contribution in [0.3, 0.4) is 0 Å². The van der Waals surface area contributed by atoms with Gasteiger partial charge in [-0.25, -0.2) is 19.6 Å². The molecule has 1 N–H and O–H groups in total. The summed E-state index contributed by atoms with van der Waals surface area (Å²) in [7, 11) is 0. The molecule has 0 aliphatic rings. The second-order valence-corrected chi connectivity index (χ2v) is 5.07. The van der Waals surface area contributed by atoms with Crippen LogP contribution in [0, 0.1) is 0 Å². The van der Waals surface area contributed by atoms with Gasteiger partial charge in [0.2, 0.25) is 5.91 Å². The van der Waals surface area contributed by atoms with Gasteiger partial charge in [0.05, 0.1) is 0 Å². The van der Waals surface area contributed by atoms with Gasteiger partial charge in [-0.2, -0.15) is 5.10 Å². The summed E-state index contributed by atoms with van der Waals surface area (Å²) < 4.78 is 1.58. The Morgan fingerprint density at radius 1 is 1.38 bits per heavy atom. The Hall–Kier alpha value is -2.32. The molecule has 0 aliphatic carbocycles. The zero-order valence-electron chi connectivity index (χ0n) is 10.6. The van der Waals surface area contributed by atoms with Crippen molar-refractivity contribution in [1.82, 2.24) is 24.7 Å². The van der Waals surface area contributed by atoms with E-state index in [0.29, 0.717) is 22.5 Å². The van der Waals surface area contributed by atoms with Crippen molar-refractivity contribution in [2.24, 2.45) is 0 Å². The summed E-state index contributed by atoms with van der Waals surface area (Å²) in [6.07, 6.45) is 5.06. The molecule has 0 saturated heterocycles. The van der Waals surface area contributed by atoms with Crippen molar-refractivity contribution in [3.63, 3.8) is 0 Å². The quantitative estimate of drug-likeness (QED) is 0.743. The van der Waals surface area contributed by atoms with E-state index in [0.717, 1.165) is 0 Å². The fraction of sp³-hybridized carbons (Fsp3) is 0.0833. The minimum Gasteiger partial charge on any atom is -0.309 e. The van der Waals surface area contributed by atoms with E-state index in [1.165, 1.54) is 11.3 Å². The van der Waals surface area contributed by atoms with E-state index >= 15 is 0 Å². The molecule has 3 heterocycles. The lowest BCUT2D eigenvalue weighted by Gasteiger charge is -2.07. The summed E-state index contributed by atoms with van der Waals surface area (Å²) >= 11 is 6.91. The standard InChI is InChI=1S/C12H9ClN6OS/c13-7-10(20)16-8-6-9(19-4-1-2-15-19)18-11(17-8)12-14-3-5-21-12/h1-6H,7H2,(H,16,17,18,20). The fourth-order valence-corrected chi connectivity index (χ4v) is 2.26. The molecule has 7 nitrogen and oxygen atoms in total. The molecule has 9 heteroatoms. The first-order chi connectivity index (χ1) is 10.3. The van der Waals surface area contributed by atoms with Crippen molar-refractivity contribution in [2.75, 3.05) is 11.2 Å². The molecule has 1 amide bonds. The van der Waals surface area contributed by atoms with Gasteiger partial charge in [0.1, 0.15) is 11.7 Å². The van der Waals surface area contributed by atoms with Gasteiger partial charge in [0, 0.05) is 30.0 Å². The predicted molar refractivity (Wildman–Crippen MR) is 79.6 cm³/mol. The summed E-state index contributed by atoms with van der Waals surface area (Å²) in [4.78, 5) is 24.3. The smallest absolute Gasteiger partial charge is 0.240 e. The topological polar surface area (TPSA) is 85.6 Å². The normalized spacial score (nSPS) is 10.5. The number of aromatic nitrogens is 5. The molecule has 0 saturated carbocycles. The Kier molecular flexibility index (Phi) is 3.89. The number of nitrogens with one attached hydrogen (secondary N) is 1. The number of amides is 1. The molecule has 0 fully saturated rings. The third-order valence-corrected chi connectivity index (χ3v) is 3.48. The highest BCUT2D eigenvalue weighted by atomic mass is 35.5. The number of anilines is 1. The van der Waals surface area contributed by atoms with E-state index in [-0.39, 0.29) is 11.8 Å². The first-order valence-corrected chi connectivity index (χ1v) is 7.32. The molecular weight excluding hydrogens is 312 g/mol. The number of rotatable bonds is 4. The molecule has 0 unspecified atom stereocenters. The molecule has 21 heavy (non-hydrogen) atoms. The predicted octanol–water partition coefficient (Wildman–Crippen LogP) is 1.96. The number of alkyl halides is 1. The zero-order chi connectivity index (χ0) is 14.7. The van der Waals surface area contributed by atoms with E-state index in [9.17, 15) is 4.79 Å². The Morgan fingerprint density at radius 3 is 2.95 bits per heavy atom. The van der Waals surface area contributed by atoms with Crippen LogP contribution in [-0.4, -0.2) is 36.5 Å². The summed E-state index contributed by atoms with van der Waals surface area (Å²) in [5.74, 6) is 0.819. The van der Waals surface area contributed by atoms with Crippen LogP contribution in [0.2, 0.25) is 0 Å². The first kappa shape index (κ1) is 13.7. The maximum absolute atomic E-state index is 11.4. The molecule has 106 valence electrons. The lowest BCUT2D eigenvalue weighted by atomic mass is 10.4. The summed E-state index contributed by atoms with van der Waals surface area (Å²) in [6.45, 7) is 0. The van der Waals surface area contributed by atoms with Gasteiger partial charge in [-0.3, -0.25) is 4.79 Å². The van der Waals surface area contributed by atoms with E-state index in [1.54, 1.807) is 35.4 Å². The molecule has 0 atom stereocenters. The molecule has 0 aromatic carbocycles. The van der Waals surface area contributed by atoms with Crippen molar-refractivity contribution in [2.45, 2.75) is 0 Å². The van der Waals surface area contributed by atoms with E-state index in [1.807, 2.05) is 5.38 Å². The number of nitrogens with zero attached hydrogens (tertiary/aromatic N) is 5. The van der Waals surface area contributed by atoms with Gasteiger partial charge in [0.15, 0.2) is 16.6 Å². The minimum absolute atomic E-state index is 0.145.